The minimum absolute atomic E-state index is 0.0178. The summed E-state index contributed by atoms with van der Waals surface area (Å²) in [7, 11) is 1.61. The first-order valence-electron chi connectivity index (χ1n) is 8.66. The monoisotopic (exact) mass is 343 g/mol. The van der Waals surface area contributed by atoms with Crippen molar-refractivity contribution in [3.8, 4) is 5.75 Å². The van der Waals surface area contributed by atoms with E-state index in [4.69, 9.17) is 9.47 Å². The molecule has 1 amide bonds. The van der Waals surface area contributed by atoms with Gasteiger partial charge in [-0.2, -0.15) is 0 Å². The second-order valence-corrected chi connectivity index (χ2v) is 6.50. The molecule has 0 radical (unpaired) electrons. The maximum Gasteiger partial charge on any atom is 0.254 e. The van der Waals surface area contributed by atoms with Crippen LogP contribution in [0.4, 0.5) is 0 Å². The third kappa shape index (κ3) is 4.02. The van der Waals surface area contributed by atoms with Gasteiger partial charge < -0.3 is 18.9 Å². The van der Waals surface area contributed by atoms with Crippen LogP contribution in [0.2, 0.25) is 0 Å². The average molecular weight is 343 g/mol. The molecule has 0 saturated heterocycles. The molecule has 1 aromatic heterocycles. The zero-order chi connectivity index (χ0) is 17.8. The van der Waals surface area contributed by atoms with Crippen molar-refractivity contribution >= 4 is 5.91 Å². The van der Waals surface area contributed by atoms with Crippen molar-refractivity contribution in [2.45, 2.75) is 46.1 Å². The van der Waals surface area contributed by atoms with Gasteiger partial charge in [-0.3, -0.25) is 4.79 Å². The molecule has 2 heterocycles. The number of carbonyl (C=O) groups is 1. The largest absolute Gasteiger partial charge is 0.497 e. The lowest BCUT2D eigenvalue weighted by atomic mass is 10.1. The molecular formula is C19H25N3O3. The van der Waals surface area contributed by atoms with E-state index in [-0.39, 0.29) is 12.0 Å². The number of carbonyl (C=O) groups excluding carboxylic acids is 1. The Bertz CT molecular complexity index is 739. The van der Waals surface area contributed by atoms with Crippen LogP contribution >= 0.6 is 0 Å². The van der Waals surface area contributed by atoms with E-state index in [1.54, 1.807) is 13.2 Å². The first-order chi connectivity index (χ1) is 12.1. The summed E-state index contributed by atoms with van der Waals surface area (Å²) in [4.78, 5) is 19.3. The van der Waals surface area contributed by atoms with Gasteiger partial charge in [0.1, 0.15) is 5.75 Å². The average Bonchev–Trinajstić information content (AvgIpc) is 2.87. The van der Waals surface area contributed by atoms with Crippen molar-refractivity contribution in [3.05, 3.63) is 47.5 Å². The highest BCUT2D eigenvalue weighted by atomic mass is 16.5. The summed E-state index contributed by atoms with van der Waals surface area (Å²) in [5, 5.41) is 0. The second-order valence-electron chi connectivity index (χ2n) is 6.50. The molecule has 0 unspecified atom stereocenters. The van der Waals surface area contributed by atoms with Crippen molar-refractivity contribution in [2.75, 3.05) is 13.7 Å². The van der Waals surface area contributed by atoms with E-state index in [2.05, 4.69) is 9.55 Å². The Labute approximate surface area is 148 Å². The number of fused-ring (bicyclic) bond motifs is 1. The van der Waals surface area contributed by atoms with Crippen LogP contribution in [-0.4, -0.2) is 40.1 Å². The number of aryl methyl sites for hydroxylation is 1. The number of ether oxygens (including phenoxy) is 2. The molecule has 1 aliphatic heterocycles. The number of rotatable bonds is 5. The molecule has 0 fully saturated rings. The SMILES string of the molecule is COc1cccc(C(=O)N2CCCn3cnc(COC(C)C)c3C2)c1. The molecule has 2 aromatic rings. The van der Waals surface area contributed by atoms with E-state index in [1.807, 2.05) is 43.3 Å². The van der Waals surface area contributed by atoms with Gasteiger partial charge in [-0.05, 0) is 38.5 Å². The number of benzene rings is 1. The van der Waals surface area contributed by atoms with Gasteiger partial charge in [-0.25, -0.2) is 4.98 Å². The van der Waals surface area contributed by atoms with Gasteiger partial charge >= 0.3 is 0 Å². The van der Waals surface area contributed by atoms with Crippen molar-refractivity contribution < 1.29 is 14.3 Å². The van der Waals surface area contributed by atoms with E-state index in [1.165, 1.54) is 0 Å². The molecule has 1 aromatic carbocycles. The van der Waals surface area contributed by atoms with E-state index >= 15 is 0 Å². The number of aromatic nitrogens is 2. The number of nitrogens with zero attached hydrogens (tertiary/aromatic N) is 3. The van der Waals surface area contributed by atoms with E-state index < -0.39 is 0 Å². The third-order valence-corrected chi connectivity index (χ3v) is 4.36. The molecule has 0 N–H and O–H groups in total. The summed E-state index contributed by atoms with van der Waals surface area (Å²) in [6.07, 6.45) is 2.91. The van der Waals surface area contributed by atoms with E-state index in [0.29, 0.717) is 24.5 Å². The number of hydrogen-bond acceptors (Lipinski definition) is 4. The minimum Gasteiger partial charge on any atom is -0.497 e. The molecular weight excluding hydrogens is 318 g/mol. The zero-order valence-corrected chi connectivity index (χ0v) is 15.1. The lowest BCUT2D eigenvalue weighted by Crippen LogP contribution is -2.31. The van der Waals surface area contributed by atoms with Gasteiger partial charge in [-0.1, -0.05) is 6.07 Å². The smallest absolute Gasteiger partial charge is 0.254 e. The Morgan fingerprint density at radius 2 is 2.16 bits per heavy atom. The first-order valence-corrected chi connectivity index (χ1v) is 8.66. The van der Waals surface area contributed by atoms with Gasteiger partial charge in [0, 0.05) is 18.7 Å². The van der Waals surface area contributed by atoms with E-state index in [9.17, 15) is 4.79 Å². The third-order valence-electron chi connectivity index (χ3n) is 4.36. The molecule has 0 aliphatic carbocycles. The zero-order valence-electron chi connectivity index (χ0n) is 15.1. The van der Waals surface area contributed by atoms with Crippen LogP contribution in [0.15, 0.2) is 30.6 Å². The predicted octanol–water partition coefficient (Wildman–Crippen LogP) is 2.86. The van der Waals surface area contributed by atoms with Gasteiger partial charge in [0.25, 0.3) is 5.91 Å². The summed E-state index contributed by atoms with van der Waals surface area (Å²) >= 11 is 0. The summed E-state index contributed by atoms with van der Waals surface area (Å²) < 4.78 is 13.1. The van der Waals surface area contributed by atoms with Gasteiger partial charge in [0.2, 0.25) is 0 Å². The number of hydrogen-bond donors (Lipinski definition) is 0. The number of imidazole rings is 1. The fraction of sp³-hybridized carbons (Fsp3) is 0.474. The Morgan fingerprint density at radius 3 is 2.92 bits per heavy atom. The normalized spacial score (nSPS) is 14.3. The second kappa shape index (κ2) is 7.70. The molecule has 0 bridgehead atoms. The fourth-order valence-electron chi connectivity index (χ4n) is 2.99. The van der Waals surface area contributed by atoms with Gasteiger partial charge in [-0.15, -0.1) is 0 Å². The molecule has 0 spiro atoms. The summed E-state index contributed by atoms with van der Waals surface area (Å²) in [6.45, 7) is 6.63. The van der Waals surface area contributed by atoms with Crippen LogP contribution in [-0.2, 0) is 24.4 Å². The lowest BCUT2D eigenvalue weighted by Gasteiger charge is -2.21. The standard InChI is InChI=1S/C19H25N3O3/c1-14(2)25-12-17-18-11-21(8-5-9-22(18)13-20-17)19(23)15-6-4-7-16(10-15)24-3/h4,6-7,10,13-14H,5,8-9,11-12H2,1-3H3. The molecule has 25 heavy (non-hydrogen) atoms. The molecule has 6 heteroatoms. The van der Waals surface area contributed by atoms with E-state index in [0.717, 1.165) is 30.9 Å². The molecule has 0 saturated carbocycles. The van der Waals surface area contributed by atoms with Crippen molar-refractivity contribution in [3.63, 3.8) is 0 Å². The lowest BCUT2D eigenvalue weighted by molar-refractivity contribution is 0.0620. The summed E-state index contributed by atoms with van der Waals surface area (Å²) in [5.41, 5.74) is 2.63. The summed E-state index contributed by atoms with van der Waals surface area (Å²) in [5.74, 6) is 0.709. The van der Waals surface area contributed by atoms with Gasteiger partial charge in [0.15, 0.2) is 0 Å². The van der Waals surface area contributed by atoms with Crippen molar-refractivity contribution in [1.29, 1.82) is 0 Å². The van der Waals surface area contributed by atoms with Crippen LogP contribution in [0, 0.1) is 0 Å². The quantitative estimate of drug-likeness (QED) is 0.838. The predicted molar refractivity (Wildman–Crippen MR) is 94.5 cm³/mol. The van der Waals surface area contributed by atoms with Crippen LogP contribution in [0.3, 0.4) is 0 Å². The highest BCUT2D eigenvalue weighted by molar-refractivity contribution is 5.94. The van der Waals surface area contributed by atoms with Crippen molar-refractivity contribution in [1.82, 2.24) is 14.5 Å². The Morgan fingerprint density at radius 1 is 1.32 bits per heavy atom. The Hall–Kier alpha value is -2.34. The van der Waals surface area contributed by atoms with Gasteiger partial charge in [0.05, 0.1) is 44.1 Å². The highest BCUT2D eigenvalue weighted by Crippen LogP contribution is 2.21. The molecule has 0 atom stereocenters. The highest BCUT2D eigenvalue weighted by Gasteiger charge is 2.23. The maximum atomic E-state index is 12.9. The Kier molecular flexibility index (Phi) is 5.38. The Balaban J connectivity index is 1.80. The van der Waals surface area contributed by atoms with Crippen LogP contribution in [0.5, 0.6) is 5.75 Å². The van der Waals surface area contributed by atoms with Crippen LogP contribution in [0.1, 0.15) is 42.0 Å². The first kappa shape index (κ1) is 17.5. The molecule has 134 valence electrons. The molecule has 1 aliphatic rings. The number of amides is 1. The maximum absolute atomic E-state index is 12.9. The molecule has 3 rings (SSSR count). The molecule has 6 nitrogen and oxygen atoms in total. The minimum atomic E-state index is 0.0178. The van der Waals surface area contributed by atoms with Crippen LogP contribution < -0.4 is 4.74 Å². The number of methoxy groups -OCH3 is 1. The van der Waals surface area contributed by atoms with Crippen LogP contribution in [0.25, 0.3) is 0 Å². The topological polar surface area (TPSA) is 56.6 Å². The fourth-order valence-corrected chi connectivity index (χ4v) is 2.99. The van der Waals surface area contributed by atoms with Crippen molar-refractivity contribution in [2.24, 2.45) is 0 Å². The summed E-state index contributed by atoms with van der Waals surface area (Å²) in [6, 6.07) is 7.30.